The van der Waals surface area contributed by atoms with Crippen molar-refractivity contribution in [1.82, 2.24) is 0 Å². The molecule has 0 N–H and O–H groups in total. The summed E-state index contributed by atoms with van der Waals surface area (Å²) in [7, 11) is 1.72. The van der Waals surface area contributed by atoms with Gasteiger partial charge >= 0.3 is 0 Å². The van der Waals surface area contributed by atoms with E-state index in [0.29, 0.717) is 11.3 Å². The van der Waals surface area contributed by atoms with Crippen LogP contribution in [0.4, 0.5) is 0 Å². The lowest BCUT2D eigenvalue weighted by Crippen LogP contribution is -2.27. The fourth-order valence-electron chi connectivity index (χ4n) is 2.35. The Kier molecular flexibility index (Phi) is 6.80. The standard InChI is InChI=1S/C19H34O/c1-11-16(12-14(2)15(3)20-10)17(19(7,8)9)13-18(4,5)6/h11-12,17H,1,13H2,2-10H3. The van der Waals surface area contributed by atoms with Crippen LogP contribution in [0.2, 0.25) is 0 Å². The molecular formula is C19H34O. The van der Waals surface area contributed by atoms with E-state index in [1.807, 2.05) is 13.0 Å². The summed E-state index contributed by atoms with van der Waals surface area (Å²) < 4.78 is 5.32. The Morgan fingerprint density at radius 3 is 1.90 bits per heavy atom. The minimum Gasteiger partial charge on any atom is -0.501 e. The van der Waals surface area contributed by atoms with Gasteiger partial charge in [0.05, 0.1) is 12.9 Å². The van der Waals surface area contributed by atoms with Gasteiger partial charge < -0.3 is 4.74 Å². The van der Waals surface area contributed by atoms with Crippen molar-refractivity contribution < 1.29 is 4.74 Å². The van der Waals surface area contributed by atoms with Crippen LogP contribution in [-0.4, -0.2) is 7.11 Å². The van der Waals surface area contributed by atoms with Crippen LogP contribution in [-0.2, 0) is 4.74 Å². The lowest BCUT2D eigenvalue weighted by Gasteiger charge is -2.36. The molecule has 0 amide bonds. The molecule has 116 valence electrons. The molecule has 0 aromatic carbocycles. The Morgan fingerprint density at radius 2 is 1.60 bits per heavy atom. The van der Waals surface area contributed by atoms with Crippen LogP contribution in [0, 0.1) is 16.7 Å². The van der Waals surface area contributed by atoms with E-state index in [1.54, 1.807) is 7.11 Å². The van der Waals surface area contributed by atoms with E-state index >= 15 is 0 Å². The Balaban J connectivity index is 5.64. The van der Waals surface area contributed by atoms with Crippen LogP contribution in [0.5, 0.6) is 0 Å². The van der Waals surface area contributed by atoms with Crippen LogP contribution in [0.25, 0.3) is 0 Å². The van der Waals surface area contributed by atoms with Crippen molar-refractivity contribution in [2.45, 2.75) is 61.8 Å². The maximum atomic E-state index is 5.32. The zero-order valence-corrected chi connectivity index (χ0v) is 15.1. The highest BCUT2D eigenvalue weighted by Gasteiger charge is 2.30. The summed E-state index contributed by atoms with van der Waals surface area (Å²) in [4.78, 5) is 0. The molecule has 0 saturated heterocycles. The van der Waals surface area contributed by atoms with Crippen LogP contribution >= 0.6 is 0 Å². The van der Waals surface area contributed by atoms with Gasteiger partial charge in [-0.1, -0.05) is 60.3 Å². The average Bonchev–Trinajstić information content (AvgIpc) is 2.29. The summed E-state index contributed by atoms with van der Waals surface area (Å²) in [5.74, 6) is 1.45. The summed E-state index contributed by atoms with van der Waals surface area (Å²) in [5.41, 5.74) is 2.99. The SMILES string of the molecule is C=CC(=CC(C)=C(C)OC)C(CC(C)(C)C)C(C)(C)C. The van der Waals surface area contributed by atoms with Crippen molar-refractivity contribution in [3.05, 3.63) is 35.6 Å². The third-order valence-corrected chi connectivity index (χ3v) is 3.74. The monoisotopic (exact) mass is 278 g/mol. The molecule has 0 radical (unpaired) electrons. The molecular weight excluding hydrogens is 244 g/mol. The molecule has 0 saturated carbocycles. The van der Waals surface area contributed by atoms with Gasteiger partial charge in [-0.2, -0.15) is 0 Å². The van der Waals surface area contributed by atoms with E-state index in [1.165, 1.54) is 11.1 Å². The third-order valence-electron chi connectivity index (χ3n) is 3.74. The molecule has 0 aliphatic carbocycles. The smallest absolute Gasteiger partial charge is 0.0953 e. The van der Waals surface area contributed by atoms with Crippen LogP contribution < -0.4 is 0 Å². The second kappa shape index (κ2) is 7.15. The van der Waals surface area contributed by atoms with Crippen LogP contribution in [0.3, 0.4) is 0 Å². The Bertz CT molecular complexity index is 383. The van der Waals surface area contributed by atoms with Gasteiger partial charge in [-0.25, -0.2) is 0 Å². The number of hydrogen-bond donors (Lipinski definition) is 0. The van der Waals surface area contributed by atoms with E-state index in [-0.39, 0.29) is 5.41 Å². The summed E-state index contributed by atoms with van der Waals surface area (Å²) in [6.07, 6.45) is 5.38. The van der Waals surface area contributed by atoms with Gasteiger partial charge in [0.15, 0.2) is 0 Å². The maximum Gasteiger partial charge on any atom is 0.0953 e. The lowest BCUT2D eigenvalue weighted by molar-refractivity contribution is 0.199. The van der Waals surface area contributed by atoms with Gasteiger partial charge in [-0.15, -0.1) is 0 Å². The van der Waals surface area contributed by atoms with Gasteiger partial charge in [0.2, 0.25) is 0 Å². The first kappa shape index (κ1) is 19.0. The van der Waals surface area contributed by atoms with E-state index in [4.69, 9.17) is 4.74 Å². The Labute approximate surface area is 126 Å². The highest BCUT2D eigenvalue weighted by molar-refractivity contribution is 5.32. The van der Waals surface area contributed by atoms with Crippen molar-refractivity contribution >= 4 is 0 Å². The zero-order chi connectivity index (χ0) is 16.1. The number of methoxy groups -OCH3 is 1. The summed E-state index contributed by atoms with van der Waals surface area (Å²) in [6, 6.07) is 0. The van der Waals surface area contributed by atoms with Crippen molar-refractivity contribution in [1.29, 1.82) is 0 Å². The zero-order valence-electron chi connectivity index (χ0n) is 15.1. The fraction of sp³-hybridized carbons (Fsp3) is 0.684. The molecule has 0 aliphatic heterocycles. The molecule has 0 bridgehead atoms. The van der Waals surface area contributed by atoms with E-state index < -0.39 is 0 Å². The Morgan fingerprint density at radius 1 is 1.10 bits per heavy atom. The first-order valence-electron chi connectivity index (χ1n) is 7.48. The molecule has 0 heterocycles. The number of rotatable bonds is 5. The molecule has 0 spiro atoms. The first-order chi connectivity index (χ1) is 8.92. The average molecular weight is 278 g/mol. The second-order valence-corrected chi connectivity index (χ2v) is 7.98. The normalized spacial score (nSPS) is 16.6. The largest absolute Gasteiger partial charge is 0.501 e. The van der Waals surface area contributed by atoms with Crippen molar-refractivity contribution in [2.24, 2.45) is 16.7 Å². The fourth-order valence-corrected chi connectivity index (χ4v) is 2.35. The van der Waals surface area contributed by atoms with Gasteiger partial charge in [0.1, 0.15) is 0 Å². The topological polar surface area (TPSA) is 9.23 Å². The van der Waals surface area contributed by atoms with Crippen LogP contribution in [0.15, 0.2) is 35.6 Å². The molecule has 0 fully saturated rings. The Hall–Kier alpha value is -0.980. The number of hydrogen-bond acceptors (Lipinski definition) is 1. The van der Waals surface area contributed by atoms with Crippen molar-refractivity contribution in [3.63, 3.8) is 0 Å². The van der Waals surface area contributed by atoms with Gasteiger partial charge in [-0.05, 0) is 48.2 Å². The second-order valence-electron chi connectivity index (χ2n) is 7.98. The molecule has 0 aromatic rings. The van der Waals surface area contributed by atoms with Gasteiger partial charge in [0.25, 0.3) is 0 Å². The molecule has 0 aromatic heterocycles. The molecule has 1 unspecified atom stereocenters. The predicted molar refractivity (Wildman–Crippen MR) is 90.7 cm³/mol. The van der Waals surface area contributed by atoms with E-state index in [9.17, 15) is 0 Å². The molecule has 1 nitrogen and oxygen atoms in total. The third kappa shape index (κ3) is 6.45. The minimum atomic E-state index is 0.217. The molecule has 1 heteroatoms. The summed E-state index contributed by atoms with van der Waals surface area (Å²) in [6.45, 7) is 22.0. The van der Waals surface area contributed by atoms with Crippen molar-refractivity contribution in [2.75, 3.05) is 7.11 Å². The van der Waals surface area contributed by atoms with Gasteiger partial charge in [-0.3, -0.25) is 0 Å². The summed E-state index contributed by atoms with van der Waals surface area (Å²) >= 11 is 0. The maximum absolute atomic E-state index is 5.32. The van der Waals surface area contributed by atoms with Crippen molar-refractivity contribution in [3.8, 4) is 0 Å². The summed E-state index contributed by atoms with van der Waals surface area (Å²) in [5, 5.41) is 0. The first-order valence-corrected chi connectivity index (χ1v) is 7.48. The van der Waals surface area contributed by atoms with Gasteiger partial charge in [0, 0.05) is 0 Å². The predicted octanol–water partition coefficient (Wildman–Crippen LogP) is 6.14. The minimum absolute atomic E-state index is 0.217. The molecule has 0 rings (SSSR count). The van der Waals surface area contributed by atoms with E-state index in [2.05, 4.69) is 61.1 Å². The van der Waals surface area contributed by atoms with Crippen LogP contribution in [0.1, 0.15) is 61.8 Å². The highest BCUT2D eigenvalue weighted by Crippen LogP contribution is 2.41. The number of allylic oxidation sites excluding steroid dienone is 5. The highest BCUT2D eigenvalue weighted by atomic mass is 16.5. The quantitative estimate of drug-likeness (QED) is 0.433. The number of ether oxygens (including phenoxy) is 1. The molecule has 0 aliphatic rings. The lowest BCUT2D eigenvalue weighted by atomic mass is 9.68. The molecule has 1 atom stereocenters. The van der Waals surface area contributed by atoms with E-state index in [0.717, 1.165) is 12.2 Å². The molecule has 20 heavy (non-hydrogen) atoms.